The fourth-order valence-electron chi connectivity index (χ4n) is 2.63. The Morgan fingerprint density at radius 3 is 2.40 bits per heavy atom. The van der Waals surface area contributed by atoms with Gasteiger partial charge in [0.1, 0.15) is 0 Å². The molecule has 0 amide bonds. The van der Waals surface area contributed by atoms with Crippen molar-refractivity contribution >= 4 is 5.96 Å². The summed E-state index contributed by atoms with van der Waals surface area (Å²) in [5, 5.41) is 6.79. The van der Waals surface area contributed by atoms with Gasteiger partial charge in [-0.1, -0.05) is 20.8 Å². The summed E-state index contributed by atoms with van der Waals surface area (Å²) in [5.41, 5.74) is 0. The smallest absolute Gasteiger partial charge is 0.191 e. The van der Waals surface area contributed by atoms with Crippen LogP contribution in [0.1, 0.15) is 53.4 Å². The van der Waals surface area contributed by atoms with Crippen LogP contribution >= 0.6 is 0 Å². The molecule has 1 fully saturated rings. The molecule has 0 aromatic rings. The van der Waals surface area contributed by atoms with Crippen molar-refractivity contribution in [3.8, 4) is 0 Å². The second-order valence-corrected chi connectivity index (χ2v) is 6.13. The van der Waals surface area contributed by atoms with Gasteiger partial charge in [0, 0.05) is 19.1 Å². The van der Waals surface area contributed by atoms with Crippen molar-refractivity contribution in [2.24, 2.45) is 10.9 Å². The van der Waals surface area contributed by atoms with Crippen molar-refractivity contribution in [3.05, 3.63) is 0 Å². The van der Waals surface area contributed by atoms with Gasteiger partial charge in [-0.15, -0.1) is 0 Å². The quantitative estimate of drug-likeness (QED) is 0.531. The van der Waals surface area contributed by atoms with Crippen LogP contribution in [0.25, 0.3) is 0 Å². The molecular weight excluding hydrogens is 248 g/mol. The predicted molar refractivity (Wildman–Crippen MR) is 88.3 cm³/mol. The number of hydrogen-bond donors (Lipinski definition) is 2. The monoisotopic (exact) mass is 282 g/mol. The van der Waals surface area contributed by atoms with Crippen LogP contribution in [-0.2, 0) is 0 Å². The second-order valence-electron chi connectivity index (χ2n) is 6.13. The lowest BCUT2D eigenvalue weighted by Gasteiger charge is -2.25. The average Bonchev–Trinajstić information content (AvgIpc) is 2.93. The number of aliphatic imine (C=N–C) groups is 1. The summed E-state index contributed by atoms with van der Waals surface area (Å²) in [6.07, 6.45) is 5.09. The number of likely N-dealkylation sites (tertiary alicyclic amines) is 1. The molecule has 0 spiro atoms. The lowest BCUT2D eigenvalue weighted by Crippen LogP contribution is -2.40. The molecule has 0 aromatic carbocycles. The summed E-state index contributed by atoms with van der Waals surface area (Å²) in [7, 11) is 0. The lowest BCUT2D eigenvalue weighted by molar-refractivity contribution is 0.242. The van der Waals surface area contributed by atoms with E-state index in [9.17, 15) is 0 Å². The molecule has 1 heterocycles. The van der Waals surface area contributed by atoms with Crippen molar-refractivity contribution < 1.29 is 0 Å². The molecule has 1 aliphatic rings. The zero-order valence-electron chi connectivity index (χ0n) is 13.9. The van der Waals surface area contributed by atoms with Crippen molar-refractivity contribution in [2.45, 2.75) is 59.4 Å². The van der Waals surface area contributed by atoms with Crippen LogP contribution in [0.2, 0.25) is 0 Å². The largest absolute Gasteiger partial charge is 0.357 e. The molecule has 0 bridgehead atoms. The number of nitrogens with zero attached hydrogens (tertiary/aromatic N) is 2. The second kappa shape index (κ2) is 10.0. The van der Waals surface area contributed by atoms with Crippen molar-refractivity contribution in [1.82, 2.24) is 15.5 Å². The number of guanidine groups is 1. The lowest BCUT2D eigenvalue weighted by atomic mass is 10.1. The highest BCUT2D eigenvalue weighted by Gasteiger charge is 2.19. The van der Waals surface area contributed by atoms with E-state index in [1.807, 2.05) is 0 Å². The Morgan fingerprint density at radius 2 is 1.85 bits per heavy atom. The van der Waals surface area contributed by atoms with Gasteiger partial charge in [-0.25, -0.2) is 0 Å². The van der Waals surface area contributed by atoms with Crippen LogP contribution in [0.15, 0.2) is 4.99 Å². The van der Waals surface area contributed by atoms with Gasteiger partial charge in [0.25, 0.3) is 0 Å². The number of hydrogen-bond acceptors (Lipinski definition) is 2. The van der Waals surface area contributed by atoms with Crippen molar-refractivity contribution in [1.29, 1.82) is 0 Å². The standard InChI is InChI=1S/C16H34N4/c1-5-15(20-11-7-8-12-20)13-19-16(17-6-2)18-10-9-14(3)4/h14-15H,5-13H2,1-4H3,(H2,17,18,19). The van der Waals surface area contributed by atoms with E-state index >= 15 is 0 Å². The van der Waals surface area contributed by atoms with E-state index in [2.05, 4.69) is 43.2 Å². The minimum atomic E-state index is 0.609. The van der Waals surface area contributed by atoms with Gasteiger partial charge in [-0.3, -0.25) is 9.89 Å². The molecule has 1 unspecified atom stereocenters. The van der Waals surface area contributed by atoms with E-state index in [0.29, 0.717) is 6.04 Å². The van der Waals surface area contributed by atoms with E-state index in [1.54, 1.807) is 0 Å². The fraction of sp³-hybridized carbons (Fsp3) is 0.938. The van der Waals surface area contributed by atoms with E-state index in [-0.39, 0.29) is 0 Å². The van der Waals surface area contributed by atoms with Crippen molar-refractivity contribution in [2.75, 3.05) is 32.7 Å². The first-order valence-electron chi connectivity index (χ1n) is 8.43. The van der Waals surface area contributed by atoms with Crippen LogP contribution in [0.5, 0.6) is 0 Å². The van der Waals surface area contributed by atoms with Gasteiger partial charge in [0.2, 0.25) is 0 Å². The third kappa shape index (κ3) is 6.60. The fourth-order valence-corrected chi connectivity index (χ4v) is 2.63. The Balaban J connectivity index is 2.42. The maximum atomic E-state index is 4.78. The maximum absolute atomic E-state index is 4.78. The Hall–Kier alpha value is -0.770. The van der Waals surface area contributed by atoms with Gasteiger partial charge in [-0.2, -0.15) is 0 Å². The highest BCUT2D eigenvalue weighted by Crippen LogP contribution is 2.14. The first-order chi connectivity index (χ1) is 9.67. The zero-order valence-corrected chi connectivity index (χ0v) is 13.9. The molecule has 1 rings (SSSR count). The maximum Gasteiger partial charge on any atom is 0.191 e. The molecule has 1 saturated heterocycles. The molecule has 2 N–H and O–H groups in total. The Kier molecular flexibility index (Phi) is 8.67. The molecule has 0 aliphatic carbocycles. The SMILES string of the molecule is CCNC(=NCC(CC)N1CCCC1)NCCC(C)C. The highest BCUT2D eigenvalue weighted by molar-refractivity contribution is 5.79. The molecular formula is C16H34N4. The molecule has 4 nitrogen and oxygen atoms in total. The van der Waals surface area contributed by atoms with Crippen LogP contribution in [0.4, 0.5) is 0 Å². The predicted octanol–water partition coefficient (Wildman–Crippen LogP) is 2.46. The van der Waals surface area contributed by atoms with E-state index < -0.39 is 0 Å². The van der Waals surface area contributed by atoms with Gasteiger partial charge in [-0.05, 0) is 51.6 Å². The third-order valence-electron chi connectivity index (χ3n) is 3.95. The first kappa shape index (κ1) is 17.3. The molecule has 1 aliphatic heterocycles. The molecule has 4 heteroatoms. The molecule has 118 valence electrons. The average molecular weight is 282 g/mol. The van der Waals surface area contributed by atoms with Crippen LogP contribution in [0, 0.1) is 5.92 Å². The zero-order chi connectivity index (χ0) is 14.8. The highest BCUT2D eigenvalue weighted by atomic mass is 15.2. The van der Waals surface area contributed by atoms with Gasteiger partial charge >= 0.3 is 0 Å². The van der Waals surface area contributed by atoms with Crippen LogP contribution in [0.3, 0.4) is 0 Å². The molecule has 20 heavy (non-hydrogen) atoms. The molecule has 1 atom stereocenters. The topological polar surface area (TPSA) is 39.7 Å². The van der Waals surface area contributed by atoms with Gasteiger partial charge < -0.3 is 10.6 Å². The van der Waals surface area contributed by atoms with Crippen LogP contribution in [-0.4, -0.2) is 49.6 Å². The first-order valence-corrected chi connectivity index (χ1v) is 8.43. The van der Waals surface area contributed by atoms with Crippen LogP contribution < -0.4 is 10.6 Å². The summed E-state index contributed by atoms with van der Waals surface area (Å²) in [4.78, 5) is 7.38. The summed E-state index contributed by atoms with van der Waals surface area (Å²) >= 11 is 0. The van der Waals surface area contributed by atoms with E-state index in [1.165, 1.54) is 38.8 Å². The normalized spacial score (nSPS) is 18.6. The summed E-state index contributed by atoms with van der Waals surface area (Å²) in [5.74, 6) is 1.71. The van der Waals surface area contributed by atoms with Gasteiger partial charge in [0.05, 0.1) is 6.54 Å². The van der Waals surface area contributed by atoms with E-state index in [0.717, 1.165) is 31.5 Å². The van der Waals surface area contributed by atoms with E-state index in [4.69, 9.17) is 4.99 Å². The van der Waals surface area contributed by atoms with Gasteiger partial charge in [0.15, 0.2) is 5.96 Å². The van der Waals surface area contributed by atoms with Crippen molar-refractivity contribution in [3.63, 3.8) is 0 Å². The summed E-state index contributed by atoms with van der Waals surface area (Å²) in [6, 6.07) is 0.609. The number of nitrogens with one attached hydrogen (secondary N) is 2. The Labute approximate surface area is 125 Å². The molecule has 0 aromatic heterocycles. The molecule has 0 radical (unpaired) electrons. The molecule has 0 saturated carbocycles. The summed E-state index contributed by atoms with van der Waals surface area (Å²) in [6.45, 7) is 14.3. The number of rotatable bonds is 8. The third-order valence-corrected chi connectivity index (χ3v) is 3.95. The Morgan fingerprint density at radius 1 is 1.15 bits per heavy atom. The minimum Gasteiger partial charge on any atom is -0.357 e. The summed E-state index contributed by atoms with van der Waals surface area (Å²) < 4.78 is 0. The minimum absolute atomic E-state index is 0.609. The Bertz CT molecular complexity index is 270.